The maximum atomic E-state index is 15.1. The maximum Gasteiger partial charge on any atom is 0.335 e. The molecular weight excluding hydrogens is 381 g/mol. The van der Waals surface area contributed by atoms with E-state index < -0.39 is 45.0 Å². The van der Waals surface area contributed by atoms with Gasteiger partial charge in [-0.1, -0.05) is 20.8 Å². The number of methoxy groups -OCH3 is 1. The van der Waals surface area contributed by atoms with Crippen LogP contribution in [0.2, 0.25) is 0 Å². The lowest BCUT2D eigenvalue weighted by Crippen LogP contribution is -2.58. The van der Waals surface area contributed by atoms with E-state index in [1.807, 2.05) is 20.8 Å². The molecule has 0 saturated carbocycles. The first-order valence-electron chi connectivity index (χ1n) is 9.37. The van der Waals surface area contributed by atoms with Crippen molar-refractivity contribution in [3.05, 3.63) is 29.6 Å². The molecule has 1 aromatic rings. The van der Waals surface area contributed by atoms with Gasteiger partial charge in [-0.05, 0) is 58.6 Å². The van der Waals surface area contributed by atoms with Gasteiger partial charge in [-0.25, -0.2) is 9.18 Å². The highest BCUT2D eigenvalue weighted by atomic mass is 32.2. The molecule has 1 N–H and O–H groups in total. The highest BCUT2D eigenvalue weighted by Gasteiger charge is 2.51. The first kappa shape index (κ1) is 24.7. The SMILES string of the molecule is COc1ccc([C@@](CC(C)(C)C)(N[S+]([O-])C(C)(C)C)C(=O)OC(C)C)c(F)c1. The van der Waals surface area contributed by atoms with Gasteiger partial charge < -0.3 is 14.0 Å². The number of hydrogen-bond donors (Lipinski definition) is 1. The number of carbonyl (C=O) groups excluding carboxylic acids is 1. The standard InChI is InChI=1S/C21H34FNO4S/c1-14(2)27-18(24)21(13-19(3,4)5,23-28(25)20(6,7)8)16-11-10-15(26-9)12-17(16)22/h10-12,14,23H,13H2,1-9H3/t21-,28?/m1/s1. The smallest absolute Gasteiger partial charge is 0.335 e. The van der Waals surface area contributed by atoms with Gasteiger partial charge >= 0.3 is 5.97 Å². The largest absolute Gasteiger partial charge is 0.598 e. The van der Waals surface area contributed by atoms with E-state index in [4.69, 9.17) is 9.47 Å². The van der Waals surface area contributed by atoms with Crippen molar-refractivity contribution in [2.24, 2.45) is 5.41 Å². The number of rotatable bonds is 7. The van der Waals surface area contributed by atoms with Crippen LogP contribution in [0.5, 0.6) is 5.75 Å². The van der Waals surface area contributed by atoms with Crippen LogP contribution in [0.1, 0.15) is 67.4 Å². The second-order valence-electron chi connectivity index (χ2n) is 9.43. The van der Waals surface area contributed by atoms with E-state index in [2.05, 4.69) is 4.72 Å². The minimum Gasteiger partial charge on any atom is -0.598 e. The second-order valence-corrected chi connectivity index (χ2v) is 11.4. The topological polar surface area (TPSA) is 70.6 Å². The Morgan fingerprint density at radius 1 is 1.21 bits per heavy atom. The Balaban J connectivity index is 3.69. The van der Waals surface area contributed by atoms with Crippen molar-refractivity contribution in [3.8, 4) is 5.75 Å². The van der Waals surface area contributed by atoms with E-state index in [0.29, 0.717) is 5.75 Å². The summed E-state index contributed by atoms with van der Waals surface area (Å²) in [5.41, 5.74) is -1.92. The van der Waals surface area contributed by atoms with Gasteiger partial charge in [-0.2, -0.15) is 0 Å². The van der Waals surface area contributed by atoms with Crippen molar-refractivity contribution < 1.29 is 23.2 Å². The molecule has 160 valence electrons. The second kappa shape index (κ2) is 9.01. The molecule has 0 aliphatic rings. The molecule has 0 amide bonds. The molecule has 2 atom stereocenters. The number of esters is 1. The lowest BCUT2D eigenvalue weighted by Gasteiger charge is -2.39. The molecule has 0 bridgehead atoms. The van der Waals surface area contributed by atoms with E-state index in [9.17, 15) is 9.35 Å². The Kier molecular flexibility index (Phi) is 7.96. The van der Waals surface area contributed by atoms with Gasteiger partial charge in [0.25, 0.3) is 0 Å². The van der Waals surface area contributed by atoms with Crippen LogP contribution >= 0.6 is 0 Å². The highest BCUT2D eigenvalue weighted by Crippen LogP contribution is 2.40. The molecule has 0 saturated heterocycles. The van der Waals surface area contributed by atoms with Gasteiger partial charge in [0.05, 0.1) is 13.2 Å². The first-order chi connectivity index (χ1) is 12.6. The molecule has 0 aliphatic heterocycles. The van der Waals surface area contributed by atoms with Crippen molar-refractivity contribution in [1.29, 1.82) is 0 Å². The fraction of sp³-hybridized carbons (Fsp3) is 0.667. The number of nitrogens with one attached hydrogen (secondary N) is 1. The zero-order chi connectivity index (χ0) is 21.9. The Labute approximate surface area is 171 Å². The molecule has 0 fully saturated rings. The molecule has 1 unspecified atom stereocenters. The summed E-state index contributed by atoms with van der Waals surface area (Å²) in [5.74, 6) is -0.943. The molecule has 0 aromatic heterocycles. The van der Waals surface area contributed by atoms with Crippen molar-refractivity contribution in [3.63, 3.8) is 0 Å². The summed E-state index contributed by atoms with van der Waals surface area (Å²) < 4.78 is 41.0. The number of benzene rings is 1. The van der Waals surface area contributed by atoms with Crippen LogP contribution in [0.25, 0.3) is 0 Å². The van der Waals surface area contributed by atoms with Crippen LogP contribution < -0.4 is 9.46 Å². The molecule has 5 nitrogen and oxygen atoms in total. The molecule has 0 radical (unpaired) electrons. The fourth-order valence-corrected chi connectivity index (χ4v) is 3.69. The predicted octanol–water partition coefficient (Wildman–Crippen LogP) is 4.47. The zero-order valence-corrected chi connectivity index (χ0v) is 19.3. The van der Waals surface area contributed by atoms with Gasteiger partial charge in [-0.15, -0.1) is 4.72 Å². The highest BCUT2D eigenvalue weighted by molar-refractivity contribution is 7.90. The minimum atomic E-state index is -1.64. The van der Waals surface area contributed by atoms with Crippen LogP contribution in [0, 0.1) is 11.2 Å². The molecule has 0 heterocycles. The average molecular weight is 416 g/mol. The summed E-state index contributed by atoms with van der Waals surface area (Å²) in [6, 6.07) is 4.30. The normalized spacial score (nSPS) is 15.9. The molecule has 0 aliphatic carbocycles. The number of carbonyl (C=O) groups is 1. The monoisotopic (exact) mass is 415 g/mol. The van der Waals surface area contributed by atoms with E-state index in [0.717, 1.165) is 0 Å². The quantitative estimate of drug-likeness (QED) is 0.526. The van der Waals surface area contributed by atoms with Gasteiger partial charge in [0, 0.05) is 23.0 Å². The van der Waals surface area contributed by atoms with E-state index in [1.54, 1.807) is 40.7 Å². The van der Waals surface area contributed by atoms with Crippen LogP contribution in [0.3, 0.4) is 0 Å². The van der Waals surface area contributed by atoms with Crippen LogP contribution in [0.4, 0.5) is 4.39 Å². The summed E-state index contributed by atoms with van der Waals surface area (Å²) in [6.45, 7) is 14.6. The van der Waals surface area contributed by atoms with Gasteiger partial charge in [0.15, 0.2) is 5.54 Å². The van der Waals surface area contributed by atoms with E-state index in [-0.39, 0.29) is 12.0 Å². The molecule has 1 aromatic carbocycles. The predicted molar refractivity (Wildman–Crippen MR) is 111 cm³/mol. The third-order valence-corrected chi connectivity index (χ3v) is 5.59. The van der Waals surface area contributed by atoms with Gasteiger partial charge in [0.2, 0.25) is 0 Å². The zero-order valence-electron chi connectivity index (χ0n) is 18.4. The molecule has 0 spiro atoms. The van der Waals surface area contributed by atoms with Crippen molar-refractivity contribution in [2.45, 2.75) is 78.2 Å². The first-order valence-corrected chi connectivity index (χ1v) is 10.5. The average Bonchev–Trinajstić information content (AvgIpc) is 2.50. The Hall–Kier alpha value is -1.31. The Morgan fingerprint density at radius 3 is 2.18 bits per heavy atom. The third kappa shape index (κ3) is 6.36. The number of ether oxygens (including phenoxy) is 2. The van der Waals surface area contributed by atoms with Crippen LogP contribution in [0.15, 0.2) is 18.2 Å². The fourth-order valence-electron chi connectivity index (χ4n) is 2.80. The van der Waals surface area contributed by atoms with Crippen molar-refractivity contribution >= 4 is 17.3 Å². The lowest BCUT2D eigenvalue weighted by atomic mass is 9.76. The number of hydrogen-bond acceptors (Lipinski definition) is 5. The summed E-state index contributed by atoms with van der Waals surface area (Å²) >= 11 is -1.64. The third-order valence-electron chi connectivity index (χ3n) is 3.95. The maximum absolute atomic E-state index is 15.1. The van der Waals surface area contributed by atoms with Gasteiger partial charge in [-0.3, -0.25) is 0 Å². The number of halogens is 1. The van der Waals surface area contributed by atoms with Crippen LogP contribution in [-0.2, 0) is 26.4 Å². The molecule has 7 heteroatoms. The van der Waals surface area contributed by atoms with Crippen LogP contribution in [-0.4, -0.2) is 28.5 Å². The van der Waals surface area contributed by atoms with E-state index >= 15 is 4.39 Å². The molecule has 28 heavy (non-hydrogen) atoms. The Morgan fingerprint density at radius 2 is 1.79 bits per heavy atom. The Bertz CT molecular complexity index is 682. The van der Waals surface area contributed by atoms with Gasteiger partial charge in [0.1, 0.15) is 16.3 Å². The van der Waals surface area contributed by atoms with E-state index in [1.165, 1.54) is 19.2 Å². The molecule has 1 rings (SSSR count). The minimum absolute atomic E-state index is 0.0893. The summed E-state index contributed by atoms with van der Waals surface area (Å²) in [7, 11) is 1.44. The summed E-state index contributed by atoms with van der Waals surface area (Å²) in [5, 5.41) is 0. The summed E-state index contributed by atoms with van der Waals surface area (Å²) in [6.07, 6.45) is -0.214. The lowest BCUT2D eigenvalue weighted by molar-refractivity contribution is -0.157. The summed E-state index contributed by atoms with van der Waals surface area (Å²) in [4.78, 5) is 13.3. The van der Waals surface area contributed by atoms with Crippen molar-refractivity contribution in [2.75, 3.05) is 7.11 Å². The van der Waals surface area contributed by atoms with Crippen molar-refractivity contribution in [1.82, 2.24) is 4.72 Å². The molecular formula is C21H34FNO4S.